The third kappa shape index (κ3) is 12.4. The van der Waals surface area contributed by atoms with Crippen LogP contribution in [0.1, 0.15) is 107 Å². The number of hydrogen-bond donors (Lipinski definition) is 3. The average molecular weight is 929 g/mol. The number of rotatable bonds is 9. The third-order valence-electron chi connectivity index (χ3n) is 14.6. The topological polar surface area (TPSA) is 184 Å². The summed E-state index contributed by atoms with van der Waals surface area (Å²) in [7, 11) is 5.34. The van der Waals surface area contributed by atoms with Crippen molar-refractivity contribution in [3.05, 3.63) is 53.6 Å². The van der Waals surface area contributed by atoms with E-state index in [1.165, 1.54) is 14.0 Å². The number of aliphatic hydroxyl groups is 3. The number of esters is 1. The van der Waals surface area contributed by atoms with Gasteiger partial charge in [-0.25, -0.2) is 4.99 Å². The number of carbonyl (C=O) groups excluding carboxylic acids is 2. The van der Waals surface area contributed by atoms with Gasteiger partial charge in [0.15, 0.2) is 12.6 Å². The third-order valence-corrected chi connectivity index (χ3v) is 14.6. The number of methoxy groups -OCH3 is 1. The molecule has 4 heterocycles. The second-order valence-corrected chi connectivity index (χ2v) is 20.2. The van der Waals surface area contributed by atoms with Crippen molar-refractivity contribution < 1.29 is 62.8 Å². The first kappa shape index (κ1) is 54.0. The summed E-state index contributed by atoms with van der Waals surface area (Å²) in [5.74, 6) is -3.97. The van der Waals surface area contributed by atoms with Crippen molar-refractivity contribution in [2.45, 2.75) is 186 Å². The van der Waals surface area contributed by atoms with Gasteiger partial charge in [-0.2, -0.15) is 0 Å². The quantitative estimate of drug-likeness (QED) is 0.249. The van der Waals surface area contributed by atoms with E-state index < -0.39 is 108 Å². The Morgan fingerprint density at radius 3 is 2.27 bits per heavy atom. The summed E-state index contributed by atoms with van der Waals surface area (Å²) < 4.78 is 53.1. The second-order valence-electron chi connectivity index (χ2n) is 20.2. The number of cyclic esters (lactones) is 1. The van der Waals surface area contributed by atoms with Crippen LogP contribution in [0.5, 0.6) is 0 Å². The monoisotopic (exact) mass is 929 g/mol. The van der Waals surface area contributed by atoms with E-state index in [9.17, 15) is 24.9 Å². The number of likely N-dealkylation sites (N-methyl/N-ethyl adjacent to an activating group) is 1. The zero-order chi connectivity index (χ0) is 48.9. The maximum Gasteiger partial charge on any atom is 0.311 e. The zero-order valence-electron chi connectivity index (χ0n) is 41.8. The van der Waals surface area contributed by atoms with Gasteiger partial charge in [0, 0.05) is 44.0 Å². The minimum absolute atomic E-state index is 0.0319. The van der Waals surface area contributed by atoms with Crippen LogP contribution in [0.25, 0.3) is 6.08 Å². The molecule has 1 aromatic carbocycles. The summed E-state index contributed by atoms with van der Waals surface area (Å²) in [4.78, 5) is 34.5. The molecule has 15 nitrogen and oxygen atoms in total. The highest BCUT2D eigenvalue weighted by Gasteiger charge is 2.54. The molecule has 3 fully saturated rings. The molecular weight excluding hydrogens is 849 g/mol. The van der Waals surface area contributed by atoms with Crippen molar-refractivity contribution in [2.75, 3.05) is 34.4 Å². The van der Waals surface area contributed by atoms with Crippen molar-refractivity contribution in [1.29, 1.82) is 0 Å². The smallest absolute Gasteiger partial charge is 0.311 e. The van der Waals surface area contributed by atoms with Crippen LogP contribution in [-0.4, -0.2) is 156 Å². The lowest BCUT2D eigenvalue weighted by Crippen LogP contribution is -2.62. The van der Waals surface area contributed by atoms with Crippen molar-refractivity contribution in [1.82, 2.24) is 4.90 Å². The highest BCUT2D eigenvalue weighted by Crippen LogP contribution is 2.43. The standard InChI is InChI=1S/C51H80N2O13/c1-15-39-51(11,58)46-31(4)41(52-35(8)54)29(2)26-50(10,61-24-23-37(28-60-46)22-21-36-19-17-16-18-20-36)45(66-48-42(55)38(53(12)13)25-30(3)62-48)32(5)43(33(6)47(57)64-39)65-40-27-49(9,59-14)44(56)34(7)63-40/h16-23,29-34,38-40,42-46,48,55-56,58H,15,24-28H2,1-14H3/b22-21+,37-23-,52-41?/t29-,30-,31+,32+,33-,34+,38+,39-,40+,42-,43+,44+,45-,46-,48+,49-,50+,51-/m1/s1. The fourth-order valence-electron chi connectivity index (χ4n) is 10.7. The lowest BCUT2D eigenvalue weighted by molar-refractivity contribution is -0.320. The van der Waals surface area contributed by atoms with Gasteiger partial charge in [0.2, 0.25) is 5.91 Å². The van der Waals surface area contributed by atoms with Crippen molar-refractivity contribution in [3.63, 3.8) is 0 Å². The molecule has 372 valence electrons. The maximum absolute atomic E-state index is 14.8. The molecule has 0 aliphatic carbocycles. The fourth-order valence-corrected chi connectivity index (χ4v) is 10.7. The Kier molecular flexibility index (Phi) is 18.5. The number of aliphatic hydroxyl groups excluding tert-OH is 2. The summed E-state index contributed by atoms with van der Waals surface area (Å²) >= 11 is 0. The van der Waals surface area contributed by atoms with Crippen LogP contribution < -0.4 is 0 Å². The summed E-state index contributed by atoms with van der Waals surface area (Å²) in [5.41, 5.74) is -1.96. The highest BCUT2D eigenvalue weighted by atomic mass is 16.7. The van der Waals surface area contributed by atoms with Crippen LogP contribution in [0, 0.1) is 23.7 Å². The van der Waals surface area contributed by atoms with Crippen LogP contribution in [0.2, 0.25) is 0 Å². The molecular formula is C51H80N2O13. The molecule has 0 spiro atoms. The zero-order valence-corrected chi connectivity index (χ0v) is 41.8. The summed E-state index contributed by atoms with van der Waals surface area (Å²) in [5, 5.41) is 36.0. The molecule has 0 unspecified atom stereocenters. The first-order valence-electron chi connectivity index (χ1n) is 23.8. The number of fused-ring (bicyclic) bond motifs is 5. The van der Waals surface area contributed by atoms with Crippen molar-refractivity contribution >= 4 is 23.7 Å². The minimum atomic E-state index is -1.80. The number of amides is 1. The normalized spacial score (nSPS) is 43.8. The van der Waals surface area contributed by atoms with E-state index in [1.54, 1.807) is 27.7 Å². The number of aliphatic imine (C=N–C) groups is 1. The second kappa shape index (κ2) is 22.7. The summed E-state index contributed by atoms with van der Waals surface area (Å²) in [6.07, 6.45) is -2.24. The van der Waals surface area contributed by atoms with Crippen LogP contribution in [0.15, 0.2) is 53.0 Å². The van der Waals surface area contributed by atoms with Crippen LogP contribution >= 0.6 is 0 Å². The SMILES string of the molecule is CC[C@H]1OC(=O)[C@H](C)[C@@H](O[C@H]2C[C@@](C)(OC)[C@@H](O)[C@H](C)O2)[C@H](C)[C@@H](O[C@@H]2O[C@H](C)C[C@H](N(C)C)[C@H]2O)[C@]2(C)C[C@@H](C)C(=NC(C)=O)[C@H](C)[C@@H](OCC(/C=C/c3ccccc3)=C\CO2)[C@]1(C)O. The lowest BCUT2D eigenvalue weighted by atomic mass is 9.73. The van der Waals surface area contributed by atoms with Crippen molar-refractivity contribution in [2.24, 2.45) is 28.7 Å². The molecule has 66 heavy (non-hydrogen) atoms. The molecule has 5 rings (SSSR count). The molecule has 15 heteroatoms. The lowest BCUT2D eigenvalue weighted by Gasteiger charge is -2.50. The summed E-state index contributed by atoms with van der Waals surface area (Å²) in [6, 6.07) is 9.53. The highest BCUT2D eigenvalue weighted by molar-refractivity contribution is 5.97. The van der Waals surface area contributed by atoms with E-state index in [2.05, 4.69) is 4.99 Å². The molecule has 3 saturated heterocycles. The average Bonchev–Trinajstić information content (AvgIpc) is 3.26. The molecule has 2 bridgehead atoms. The van der Waals surface area contributed by atoms with Crippen LogP contribution in [0.4, 0.5) is 0 Å². The number of ether oxygens (including phenoxy) is 8. The van der Waals surface area contributed by atoms with Gasteiger partial charge in [-0.1, -0.05) is 76.3 Å². The molecule has 4 aliphatic heterocycles. The first-order valence-corrected chi connectivity index (χ1v) is 23.8. The van der Waals surface area contributed by atoms with Gasteiger partial charge < -0.3 is 58.1 Å². The number of hydrogen-bond acceptors (Lipinski definition) is 14. The Bertz CT molecular complexity index is 1860. The van der Waals surface area contributed by atoms with Gasteiger partial charge in [-0.3, -0.25) is 9.59 Å². The van der Waals surface area contributed by atoms with E-state index in [0.29, 0.717) is 12.1 Å². The van der Waals surface area contributed by atoms with Gasteiger partial charge in [0.25, 0.3) is 0 Å². The van der Waals surface area contributed by atoms with Crippen molar-refractivity contribution in [3.8, 4) is 0 Å². The fraction of sp³-hybridized carbons (Fsp3) is 0.745. The molecule has 4 aliphatic rings. The largest absolute Gasteiger partial charge is 0.459 e. The Hall–Kier alpha value is -2.93. The van der Waals surface area contributed by atoms with E-state index in [1.807, 2.05) is 109 Å². The van der Waals surface area contributed by atoms with E-state index in [-0.39, 0.29) is 44.6 Å². The molecule has 18 atom stereocenters. The van der Waals surface area contributed by atoms with E-state index >= 15 is 0 Å². The molecule has 0 aromatic heterocycles. The minimum Gasteiger partial charge on any atom is -0.459 e. The Labute approximate surface area is 393 Å². The summed E-state index contributed by atoms with van der Waals surface area (Å²) in [6.45, 7) is 19.8. The van der Waals surface area contributed by atoms with Gasteiger partial charge in [0.05, 0.1) is 60.9 Å². The van der Waals surface area contributed by atoms with Crippen LogP contribution in [0.3, 0.4) is 0 Å². The Morgan fingerprint density at radius 2 is 1.65 bits per heavy atom. The van der Waals surface area contributed by atoms with Gasteiger partial charge >= 0.3 is 5.97 Å². The Morgan fingerprint density at radius 1 is 0.970 bits per heavy atom. The predicted molar refractivity (Wildman–Crippen MR) is 250 cm³/mol. The van der Waals surface area contributed by atoms with E-state index in [0.717, 1.165) is 11.1 Å². The molecule has 0 radical (unpaired) electrons. The van der Waals surface area contributed by atoms with Crippen LogP contribution in [-0.2, 0) is 47.5 Å². The molecule has 3 N–H and O–H groups in total. The number of benzene rings is 1. The molecule has 0 saturated carbocycles. The Balaban J connectivity index is 1.78. The predicted octanol–water partition coefficient (Wildman–Crippen LogP) is 5.91. The van der Waals surface area contributed by atoms with Gasteiger partial charge in [-0.05, 0) is 92.0 Å². The number of carbonyl (C=O) groups is 2. The van der Waals surface area contributed by atoms with Gasteiger partial charge in [0.1, 0.15) is 23.9 Å². The maximum atomic E-state index is 14.8. The first-order chi connectivity index (χ1) is 31.0. The molecule has 1 amide bonds. The van der Waals surface area contributed by atoms with E-state index in [4.69, 9.17) is 37.9 Å². The molecule has 1 aromatic rings. The number of nitrogens with zero attached hydrogens (tertiary/aromatic N) is 2. The van der Waals surface area contributed by atoms with Gasteiger partial charge in [-0.15, -0.1) is 0 Å².